The molecule has 0 radical (unpaired) electrons. The molecule has 0 spiro atoms. The average Bonchev–Trinajstić information content (AvgIpc) is 2.96. The standard InChI is InChI=1S/C16H12Cl2N2O/c17-13-8-12(9-14(18)10-13)16(21)20-7-6-15(19-20)11-4-2-1-3-5-11/h1-6,8-10,19H,7H2. The maximum atomic E-state index is 12.4. The summed E-state index contributed by atoms with van der Waals surface area (Å²) in [5.41, 5.74) is 5.52. The Labute approximate surface area is 132 Å². The van der Waals surface area contributed by atoms with Gasteiger partial charge in [0.25, 0.3) is 5.91 Å². The minimum Gasteiger partial charge on any atom is -0.295 e. The van der Waals surface area contributed by atoms with Crippen LogP contribution in [0, 0.1) is 0 Å². The number of benzene rings is 2. The van der Waals surface area contributed by atoms with Crippen LogP contribution in [0.2, 0.25) is 10.0 Å². The highest BCUT2D eigenvalue weighted by Gasteiger charge is 2.21. The molecule has 1 aliphatic heterocycles. The highest BCUT2D eigenvalue weighted by molar-refractivity contribution is 6.35. The van der Waals surface area contributed by atoms with Crippen LogP contribution in [0.15, 0.2) is 54.6 Å². The lowest BCUT2D eigenvalue weighted by molar-refractivity contribution is 0.0741. The predicted molar refractivity (Wildman–Crippen MR) is 85.1 cm³/mol. The molecule has 1 aliphatic rings. The zero-order chi connectivity index (χ0) is 14.8. The fraction of sp³-hybridized carbons (Fsp3) is 0.0625. The monoisotopic (exact) mass is 318 g/mol. The zero-order valence-electron chi connectivity index (χ0n) is 11.0. The molecule has 0 bridgehead atoms. The third kappa shape index (κ3) is 3.04. The predicted octanol–water partition coefficient (Wildman–Crippen LogP) is 3.99. The van der Waals surface area contributed by atoms with Crippen LogP contribution in [0.4, 0.5) is 0 Å². The fourth-order valence-corrected chi connectivity index (χ4v) is 2.71. The van der Waals surface area contributed by atoms with Crippen LogP contribution < -0.4 is 5.43 Å². The summed E-state index contributed by atoms with van der Waals surface area (Å²) >= 11 is 11.9. The molecule has 0 aliphatic carbocycles. The molecule has 0 saturated heterocycles. The van der Waals surface area contributed by atoms with Gasteiger partial charge < -0.3 is 0 Å². The maximum Gasteiger partial charge on any atom is 0.272 e. The van der Waals surface area contributed by atoms with E-state index in [0.29, 0.717) is 22.2 Å². The summed E-state index contributed by atoms with van der Waals surface area (Å²) in [4.78, 5) is 12.4. The molecule has 3 nitrogen and oxygen atoms in total. The first-order valence-electron chi connectivity index (χ1n) is 6.44. The summed E-state index contributed by atoms with van der Waals surface area (Å²) in [6, 6.07) is 14.7. The number of carbonyl (C=O) groups is 1. The minimum atomic E-state index is -0.165. The third-order valence-corrected chi connectivity index (χ3v) is 3.61. The van der Waals surface area contributed by atoms with E-state index < -0.39 is 0 Å². The van der Waals surface area contributed by atoms with Crippen molar-refractivity contribution in [2.75, 3.05) is 6.54 Å². The molecule has 0 aromatic heterocycles. The number of nitrogens with zero attached hydrogens (tertiary/aromatic N) is 1. The number of carbonyl (C=O) groups excluding carboxylic acids is 1. The van der Waals surface area contributed by atoms with Gasteiger partial charge in [-0.15, -0.1) is 0 Å². The van der Waals surface area contributed by atoms with Gasteiger partial charge in [-0.1, -0.05) is 53.5 Å². The van der Waals surface area contributed by atoms with Crippen molar-refractivity contribution in [1.29, 1.82) is 0 Å². The molecule has 5 heteroatoms. The molecule has 106 valence electrons. The van der Waals surface area contributed by atoms with Gasteiger partial charge in [0.2, 0.25) is 0 Å². The molecule has 2 aromatic rings. The first-order valence-corrected chi connectivity index (χ1v) is 7.19. The van der Waals surface area contributed by atoms with E-state index in [0.717, 1.165) is 11.3 Å². The van der Waals surface area contributed by atoms with Gasteiger partial charge in [-0.25, -0.2) is 5.01 Å². The van der Waals surface area contributed by atoms with Gasteiger partial charge in [-0.05, 0) is 29.8 Å². The second kappa shape index (κ2) is 5.80. The number of hydrogen-bond acceptors (Lipinski definition) is 2. The van der Waals surface area contributed by atoms with Gasteiger partial charge in [0.15, 0.2) is 0 Å². The van der Waals surface area contributed by atoms with Crippen LogP contribution in [0.1, 0.15) is 15.9 Å². The lowest BCUT2D eigenvalue weighted by Crippen LogP contribution is -2.37. The molecule has 21 heavy (non-hydrogen) atoms. The van der Waals surface area contributed by atoms with Crippen molar-refractivity contribution >= 4 is 34.8 Å². The smallest absolute Gasteiger partial charge is 0.272 e. The Hall–Kier alpha value is -1.97. The van der Waals surface area contributed by atoms with Crippen LogP contribution in [-0.4, -0.2) is 17.5 Å². The van der Waals surface area contributed by atoms with Crippen molar-refractivity contribution < 1.29 is 4.79 Å². The Bertz CT molecular complexity index is 693. The molecule has 0 atom stereocenters. The number of rotatable bonds is 2. The summed E-state index contributed by atoms with van der Waals surface area (Å²) in [5, 5.41) is 2.42. The van der Waals surface area contributed by atoms with E-state index in [-0.39, 0.29) is 5.91 Å². The van der Waals surface area contributed by atoms with Gasteiger partial charge in [0, 0.05) is 15.6 Å². The lowest BCUT2D eigenvalue weighted by atomic mass is 10.2. The van der Waals surface area contributed by atoms with Gasteiger partial charge in [-0.2, -0.15) is 0 Å². The number of hydrazine groups is 1. The van der Waals surface area contributed by atoms with Gasteiger partial charge >= 0.3 is 0 Å². The number of amides is 1. The van der Waals surface area contributed by atoms with Crippen molar-refractivity contribution in [2.45, 2.75) is 0 Å². The zero-order valence-corrected chi connectivity index (χ0v) is 12.5. The second-order valence-electron chi connectivity index (χ2n) is 4.67. The van der Waals surface area contributed by atoms with Crippen LogP contribution in [0.25, 0.3) is 5.70 Å². The largest absolute Gasteiger partial charge is 0.295 e. The van der Waals surface area contributed by atoms with E-state index in [1.807, 2.05) is 36.4 Å². The SMILES string of the molecule is O=C(c1cc(Cl)cc(Cl)c1)N1CC=C(c2ccccc2)N1. The van der Waals surface area contributed by atoms with Crippen molar-refractivity contribution in [3.05, 3.63) is 75.8 Å². The molecule has 1 heterocycles. The van der Waals surface area contributed by atoms with Gasteiger partial charge in [0.05, 0.1) is 12.2 Å². The molecular weight excluding hydrogens is 307 g/mol. The summed E-state index contributed by atoms with van der Waals surface area (Å²) in [7, 11) is 0. The highest BCUT2D eigenvalue weighted by atomic mass is 35.5. The van der Waals surface area contributed by atoms with Crippen LogP contribution in [-0.2, 0) is 0 Å². The Morgan fingerprint density at radius 1 is 1.05 bits per heavy atom. The number of hydrogen-bond donors (Lipinski definition) is 1. The van der Waals surface area contributed by atoms with E-state index in [1.54, 1.807) is 18.2 Å². The second-order valence-corrected chi connectivity index (χ2v) is 5.54. The maximum absolute atomic E-state index is 12.4. The molecule has 0 unspecified atom stereocenters. The average molecular weight is 319 g/mol. The van der Waals surface area contributed by atoms with E-state index in [1.165, 1.54) is 5.01 Å². The summed E-state index contributed by atoms with van der Waals surface area (Å²) in [6.07, 6.45) is 1.97. The highest BCUT2D eigenvalue weighted by Crippen LogP contribution is 2.22. The van der Waals surface area contributed by atoms with E-state index >= 15 is 0 Å². The van der Waals surface area contributed by atoms with Gasteiger partial charge in [-0.3, -0.25) is 10.2 Å². The molecule has 0 saturated carbocycles. The molecule has 1 N–H and O–H groups in total. The molecule has 0 fully saturated rings. The number of nitrogens with one attached hydrogen (secondary N) is 1. The Morgan fingerprint density at radius 2 is 1.71 bits per heavy atom. The minimum absolute atomic E-state index is 0.165. The quantitative estimate of drug-likeness (QED) is 0.907. The van der Waals surface area contributed by atoms with Gasteiger partial charge in [0.1, 0.15) is 0 Å². The normalized spacial score (nSPS) is 13.8. The van der Waals surface area contributed by atoms with Crippen LogP contribution in [0.3, 0.4) is 0 Å². The molecular formula is C16H12Cl2N2O. The first-order chi connectivity index (χ1) is 10.1. The van der Waals surface area contributed by atoms with Crippen LogP contribution >= 0.6 is 23.2 Å². The molecule has 1 amide bonds. The Morgan fingerprint density at radius 3 is 2.38 bits per heavy atom. The Balaban J connectivity index is 1.77. The van der Waals surface area contributed by atoms with Crippen LogP contribution in [0.5, 0.6) is 0 Å². The van der Waals surface area contributed by atoms with Crippen molar-refractivity contribution in [1.82, 2.24) is 10.4 Å². The summed E-state index contributed by atoms with van der Waals surface area (Å²) in [5.74, 6) is -0.165. The molecule has 2 aromatic carbocycles. The summed E-state index contributed by atoms with van der Waals surface area (Å²) < 4.78 is 0. The first kappa shape index (κ1) is 14.0. The molecule has 3 rings (SSSR count). The lowest BCUT2D eigenvalue weighted by Gasteiger charge is -2.18. The third-order valence-electron chi connectivity index (χ3n) is 3.17. The summed E-state index contributed by atoms with van der Waals surface area (Å²) in [6.45, 7) is 0.493. The van der Waals surface area contributed by atoms with E-state index in [9.17, 15) is 4.79 Å². The topological polar surface area (TPSA) is 32.3 Å². The van der Waals surface area contributed by atoms with Crippen molar-refractivity contribution in [2.24, 2.45) is 0 Å². The number of halogens is 2. The van der Waals surface area contributed by atoms with Crippen molar-refractivity contribution in [3.8, 4) is 0 Å². The van der Waals surface area contributed by atoms with Crippen molar-refractivity contribution in [3.63, 3.8) is 0 Å². The fourth-order valence-electron chi connectivity index (χ4n) is 2.19. The Kier molecular flexibility index (Phi) is 3.86. The van der Waals surface area contributed by atoms with E-state index in [2.05, 4.69) is 5.43 Å². The van der Waals surface area contributed by atoms with E-state index in [4.69, 9.17) is 23.2 Å².